The number of hydrogen-bond donors (Lipinski definition) is 0. The molecule has 24 heavy (non-hydrogen) atoms. The van der Waals surface area contributed by atoms with Crippen molar-refractivity contribution in [2.45, 2.75) is 31.6 Å². The average Bonchev–Trinajstić information content (AvgIpc) is 2.78. The second-order valence-electron chi connectivity index (χ2n) is 5.88. The van der Waals surface area contributed by atoms with Crippen molar-refractivity contribution < 1.29 is 9.00 Å². The van der Waals surface area contributed by atoms with Gasteiger partial charge < -0.3 is 0 Å². The van der Waals surface area contributed by atoms with Crippen LogP contribution in [0.4, 0.5) is 0 Å². The lowest BCUT2D eigenvalue weighted by molar-refractivity contribution is -0.117. The van der Waals surface area contributed by atoms with Crippen molar-refractivity contribution in [1.29, 1.82) is 0 Å². The van der Waals surface area contributed by atoms with Gasteiger partial charge >= 0.3 is 0 Å². The minimum Gasteiger partial charge on any atom is -0.272 e. The molecule has 2 aromatic rings. The molecule has 0 radical (unpaired) electrons. The highest BCUT2D eigenvalue weighted by molar-refractivity contribution is 7.91. The highest BCUT2D eigenvalue weighted by atomic mass is 32.2. The van der Waals surface area contributed by atoms with Crippen LogP contribution in [0.2, 0.25) is 0 Å². The molecule has 1 aromatic carbocycles. The van der Waals surface area contributed by atoms with E-state index in [1.54, 1.807) is 43.0 Å². The summed E-state index contributed by atoms with van der Waals surface area (Å²) in [5.41, 5.74) is 3.01. The van der Waals surface area contributed by atoms with E-state index >= 15 is 0 Å². The van der Waals surface area contributed by atoms with Crippen molar-refractivity contribution in [1.82, 2.24) is 14.1 Å². The molecule has 130 valence electrons. The van der Waals surface area contributed by atoms with E-state index in [-0.39, 0.29) is 12.3 Å². The van der Waals surface area contributed by atoms with E-state index in [2.05, 4.69) is 9.46 Å². The molecule has 0 aliphatic heterocycles. The van der Waals surface area contributed by atoms with E-state index in [0.717, 1.165) is 17.0 Å². The summed E-state index contributed by atoms with van der Waals surface area (Å²) in [6.07, 6.45) is 0.761. The molecular weight excluding hydrogens is 324 g/mol. The highest BCUT2D eigenvalue weighted by Crippen LogP contribution is 2.18. The second kappa shape index (κ2) is 7.27. The van der Waals surface area contributed by atoms with Gasteiger partial charge in [0.2, 0.25) is 0 Å². The van der Waals surface area contributed by atoms with Gasteiger partial charge in [-0.15, -0.1) is 4.36 Å². The van der Waals surface area contributed by atoms with Crippen LogP contribution in [0.15, 0.2) is 39.6 Å². The number of aromatic nitrogens is 2. The predicted octanol–water partition coefficient (Wildman–Crippen LogP) is 2.50. The highest BCUT2D eigenvalue weighted by Gasteiger charge is 2.18. The first-order chi connectivity index (χ1) is 11.3. The Kier molecular flexibility index (Phi) is 5.56. The fourth-order valence-corrected chi connectivity index (χ4v) is 4.11. The summed E-state index contributed by atoms with van der Waals surface area (Å²) >= 11 is 0. The molecule has 0 fully saturated rings. The van der Waals surface area contributed by atoms with Crippen LogP contribution in [0.1, 0.15) is 23.4 Å². The molecule has 0 spiro atoms. The number of amides is 1. The summed E-state index contributed by atoms with van der Waals surface area (Å²) in [5, 5.41) is 4.35. The van der Waals surface area contributed by atoms with Gasteiger partial charge in [-0.05, 0) is 38.0 Å². The first-order valence-corrected chi connectivity index (χ1v) is 9.24. The first kappa shape index (κ1) is 18.4. The van der Waals surface area contributed by atoms with E-state index in [0.29, 0.717) is 11.3 Å². The smallest absolute Gasteiger partial charge is 0.255 e. The van der Waals surface area contributed by atoms with Crippen LogP contribution in [0, 0.1) is 13.8 Å². The number of rotatable bonds is 5. The van der Waals surface area contributed by atoms with Gasteiger partial charge in [-0.2, -0.15) is 5.10 Å². The van der Waals surface area contributed by atoms with Crippen LogP contribution < -0.4 is 0 Å². The summed E-state index contributed by atoms with van der Waals surface area (Å²) in [4.78, 5) is 12.9. The molecule has 1 atom stereocenters. The standard InChI is InChI=1S/C17H24N4O2S/c1-13-16(14(2)21(5)18-13)11-12-17(22)19-24(23,20(3)4)15-9-7-6-8-10-15/h6-10H,11-12H2,1-5H3. The number of hydrogen-bond acceptors (Lipinski definition) is 3. The molecule has 6 nitrogen and oxygen atoms in total. The molecule has 7 heteroatoms. The third-order valence-electron chi connectivity index (χ3n) is 4.02. The van der Waals surface area contributed by atoms with Gasteiger partial charge in [0, 0.05) is 33.3 Å². The molecule has 2 rings (SSSR count). The van der Waals surface area contributed by atoms with Crippen molar-refractivity contribution in [3.63, 3.8) is 0 Å². The summed E-state index contributed by atoms with van der Waals surface area (Å²) in [7, 11) is 2.30. The molecule has 0 aliphatic carbocycles. The lowest BCUT2D eigenvalue weighted by atomic mass is 10.1. The zero-order chi connectivity index (χ0) is 17.9. The van der Waals surface area contributed by atoms with Gasteiger partial charge in [-0.3, -0.25) is 9.48 Å². The van der Waals surface area contributed by atoms with Gasteiger partial charge in [0.15, 0.2) is 0 Å². The minimum absolute atomic E-state index is 0.213. The second-order valence-corrected chi connectivity index (χ2v) is 8.26. The molecule has 0 bridgehead atoms. The van der Waals surface area contributed by atoms with Crippen LogP contribution >= 0.6 is 0 Å². The van der Waals surface area contributed by atoms with Crippen LogP contribution in [0.25, 0.3) is 0 Å². The molecule has 0 saturated carbocycles. The van der Waals surface area contributed by atoms with Crippen LogP contribution in [0.3, 0.4) is 0 Å². The number of benzene rings is 1. The van der Waals surface area contributed by atoms with E-state index < -0.39 is 9.92 Å². The van der Waals surface area contributed by atoms with E-state index in [1.165, 1.54) is 4.31 Å². The SMILES string of the molecule is Cc1nn(C)c(C)c1CCC(=O)N=S(=O)(c1ccccc1)N(C)C. The summed E-state index contributed by atoms with van der Waals surface area (Å²) < 4.78 is 20.5. The van der Waals surface area contributed by atoms with Gasteiger partial charge in [-0.25, -0.2) is 8.51 Å². The first-order valence-electron chi connectivity index (χ1n) is 7.77. The predicted molar refractivity (Wildman–Crippen MR) is 95.0 cm³/mol. The van der Waals surface area contributed by atoms with E-state index in [1.807, 2.05) is 27.0 Å². The van der Waals surface area contributed by atoms with Gasteiger partial charge in [0.25, 0.3) is 5.91 Å². The lowest BCUT2D eigenvalue weighted by Crippen LogP contribution is -2.23. The Labute approximate surface area is 143 Å². The van der Waals surface area contributed by atoms with Crippen molar-refractivity contribution in [2.24, 2.45) is 11.4 Å². The topological polar surface area (TPSA) is 67.6 Å². The van der Waals surface area contributed by atoms with E-state index in [9.17, 15) is 9.00 Å². The summed E-state index contributed by atoms with van der Waals surface area (Å²) in [5.74, 6) is -0.361. The maximum Gasteiger partial charge on any atom is 0.255 e. The molecule has 1 amide bonds. The molecule has 1 aromatic heterocycles. The molecule has 1 heterocycles. The Balaban J connectivity index is 2.25. The number of carbonyl (C=O) groups excluding carboxylic acids is 1. The number of aryl methyl sites for hydroxylation is 2. The Morgan fingerprint density at radius 2 is 1.88 bits per heavy atom. The quantitative estimate of drug-likeness (QED) is 0.834. The average molecular weight is 348 g/mol. The maximum atomic E-state index is 13.2. The zero-order valence-electron chi connectivity index (χ0n) is 14.8. The van der Waals surface area contributed by atoms with Crippen molar-refractivity contribution in [2.75, 3.05) is 14.1 Å². The minimum atomic E-state index is -2.92. The van der Waals surface area contributed by atoms with Crippen LogP contribution in [-0.2, 0) is 28.2 Å². The van der Waals surface area contributed by atoms with E-state index in [4.69, 9.17) is 0 Å². The fourth-order valence-electron chi connectivity index (χ4n) is 2.54. The third kappa shape index (κ3) is 3.73. The summed E-state index contributed by atoms with van der Waals surface area (Å²) in [6.45, 7) is 3.90. The molecular formula is C17H24N4O2S. The van der Waals surface area contributed by atoms with Crippen molar-refractivity contribution in [3.8, 4) is 0 Å². The maximum absolute atomic E-state index is 13.2. The van der Waals surface area contributed by atoms with Crippen molar-refractivity contribution in [3.05, 3.63) is 47.3 Å². The van der Waals surface area contributed by atoms with Crippen LogP contribution in [-0.4, -0.2) is 38.3 Å². The molecule has 1 unspecified atom stereocenters. The fraction of sp³-hybridized carbons (Fsp3) is 0.412. The largest absolute Gasteiger partial charge is 0.272 e. The normalized spacial score (nSPS) is 13.8. The molecule has 0 N–H and O–H groups in total. The van der Waals surface area contributed by atoms with Gasteiger partial charge in [0.1, 0.15) is 9.92 Å². The third-order valence-corrected chi connectivity index (χ3v) is 6.35. The zero-order valence-corrected chi connectivity index (χ0v) is 15.6. The Morgan fingerprint density at radius 3 is 2.38 bits per heavy atom. The Morgan fingerprint density at radius 1 is 1.25 bits per heavy atom. The summed E-state index contributed by atoms with van der Waals surface area (Å²) in [6, 6.07) is 8.89. The van der Waals surface area contributed by atoms with Gasteiger partial charge in [-0.1, -0.05) is 18.2 Å². The molecule has 0 aliphatic rings. The van der Waals surface area contributed by atoms with Crippen molar-refractivity contribution >= 4 is 15.8 Å². The number of nitrogens with zero attached hydrogens (tertiary/aromatic N) is 4. The van der Waals surface area contributed by atoms with Crippen LogP contribution in [0.5, 0.6) is 0 Å². The monoisotopic (exact) mass is 348 g/mol. The lowest BCUT2D eigenvalue weighted by Gasteiger charge is -2.16. The molecule has 0 saturated heterocycles. The van der Waals surface area contributed by atoms with Gasteiger partial charge in [0.05, 0.1) is 10.6 Å². The Bertz CT molecular complexity index is 847. The Hall–Kier alpha value is -1.99. The number of carbonyl (C=O) groups is 1.